The molecule has 0 aliphatic rings. The van der Waals surface area contributed by atoms with Crippen LogP contribution in [0, 0.1) is 13.8 Å². The molecular formula is C22H30N2O3S. The van der Waals surface area contributed by atoms with Crippen molar-refractivity contribution in [1.29, 1.82) is 0 Å². The summed E-state index contributed by atoms with van der Waals surface area (Å²) in [7, 11) is -1.66. The number of aryl methyl sites for hydroxylation is 3. The first-order valence-corrected chi connectivity index (χ1v) is 11.1. The molecule has 5 nitrogen and oxygen atoms in total. The van der Waals surface area contributed by atoms with E-state index in [9.17, 15) is 13.2 Å². The predicted molar refractivity (Wildman–Crippen MR) is 114 cm³/mol. The first-order valence-electron chi connectivity index (χ1n) is 9.63. The molecule has 0 bridgehead atoms. The molecule has 0 aliphatic heterocycles. The fraction of sp³-hybridized carbons (Fsp3) is 0.409. The zero-order valence-corrected chi connectivity index (χ0v) is 18.2. The van der Waals surface area contributed by atoms with E-state index in [4.69, 9.17) is 0 Å². The quantitative estimate of drug-likeness (QED) is 0.672. The van der Waals surface area contributed by atoms with Crippen molar-refractivity contribution in [3.8, 4) is 0 Å². The molecule has 0 aliphatic carbocycles. The van der Waals surface area contributed by atoms with Crippen LogP contribution in [0.5, 0.6) is 0 Å². The van der Waals surface area contributed by atoms with Crippen LogP contribution in [0.3, 0.4) is 0 Å². The van der Waals surface area contributed by atoms with Crippen molar-refractivity contribution in [3.05, 3.63) is 59.2 Å². The molecule has 2 aromatic carbocycles. The number of anilines is 1. The van der Waals surface area contributed by atoms with Crippen molar-refractivity contribution in [2.75, 3.05) is 25.0 Å². The summed E-state index contributed by atoms with van der Waals surface area (Å²) in [6, 6.07) is 12.8. The van der Waals surface area contributed by atoms with Gasteiger partial charge in [0.25, 0.3) is 0 Å². The molecule has 2 aromatic rings. The van der Waals surface area contributed by atoms with E-state index >= 15 is 0 Å². The Balaban J connectivity index is 2.02. The maximum atomic E-state index is 12.5. The van der Waals surface area contributed by atoms with Crippen LogP contribution < -0.4 is 4.90 Å². The molecule has 0 fully saturated rings. The van der Waals surface area contributed by atoms with Gasteiger partial charge in [0.05, 0.1) is 4.90 Å². The van der Waals surface area contributed by atoms with Gasteiger partial charge >= 0.3 is 0 Å². The van der Waals surface area contributed by atoms with Crippen molar-refractivity contribution < 1.29 is 13.2 Å². The number of carbonyl (C=O) groups is 1. The van der Waals surface area contributed by atoms with E-state index < -0.39 is 10.0 Å². The smallest absolute Gasteiger partial charge is 0.243 e. The second-order valence-electron chi connectivity index (χ2n) is 6.95. The topological polar surface area (TPSA) is 57.7 Å². The van der Waals surface area contributed by atoms with Gasteiger partial charge in [0.2, 0.25) is 15.9 Å². The van der Waals surface area contributed by atoms with E-state index in [2.05, 4.69) is 0 Å². The molecule has 0 spiro atoms. The number of carbonyl (C=O) groups excluding carboxylic acids is 1. The summed E-state index contributed by atoms with van der Waals surface area (Å²) in [6.07, 6.45) is 0.936. The minimum atomic E-state index is -3.45. The van der Waals surface area contributed by atoms with E-state index in [-0.39, 0.29) is 5.91 Å². The number of hydrogen-bond acceptors (Lipinski definition) is 3. The molecular weight excluding hydrogens is 372 g/mol. The Bertz CT molecular complexity index is 917. The molecule has 0 saturated heterocycles. The van der Waals surface area contributed by atoms with E-state index in [1.165, 1.54) is 9.87 Å². The largest absolute Gasteiger partial charge is 0.315 e. The Morgan fingerprint density at radius 1 is 0.929 bits per heavy atom. The first kappa shape index (κ1) is 22.1. The van der Waals surface area contributed by atoms with Crippen LogP contribution >= 0.6 is 0 Å². The van der Waals surface area contributed by atoms with Crippen LogP contribution in [0.2, 0.25) is 0 Å². The van der Waals surface area contributed by atoms with Gasteiger partial charge in [-0.05, 0) is 61.2 Å². The summed E-state index contributed by atoms with van der Waals surface area (Å²) in [5.41, 5.74) is 4.18. The van der Waals surface area contributed by atoms with E-state index in [1.54, 1.807) is 36.2 Å². The van der Waals surface area contributed by atoms with Gasteiger partial charge in [-0.15, -0.1) is 0 Å². The first-order chi connectivity index (χ1) is 13.2. The highest BCUT2D eigenvalue weighted by Gasteiger charge is 2.21. The molecule has 0 heterocycles. The van der Waals surface area contributed by atoms with Crippen LogP contribution in [-0.2, 0) is 21.2 Å². The monoisotopic (exact) mass is 402 g/mol. The highest BCUT2D eigenvalue weighted by molar-refractivity contribution is 7.89. The Labute approximate surface area is 169 Å². The average molecular weight is 403 g/mol. The van der Waals surface area contributed by atoms with Gasteiger partial charge in [-0.2, -0.15) is 4.31 Å². The van der Waals surface area contributed by atoms with Crippen molar-refractivity contribution >= 4 is 21.6 Å². The highest BCUT2D eigenvalue weighted by atomic mass is 32.2. The fourth-order valence-corrected chi connectivity index (χ4v) is 4.50. The molecule has 0 N–H and O–H groups in total. The van der Waals surface area contributed by atoms with Crippen LogP contribution in [0.25, 0.3) is 0 Å². The van der Waals surface area contributed by atoms with Crippen LogP contribution in [0.1, 0.15) is 37.0 Å². The zero-order chi connectivity index (χ0) is 20.9. The molecule has 0 unspecified atom stereocenters. The van der Waals surface area contributed by atoms with E-state index in [1.807, 2.05) is 45.9 Å². The molecule has 0 aromatic heterocycles. The van der Waals surface area contributed by atoms with Gasteiger partial charge in [-0.3, -0.25) is 4.79 Å². The summed E-state index contributed by atoms with van der Waals surface area (Å²) in [4.78, 5) is 14.5. The standard InChI is InChI=1S/C22H30N2O3S/c1-6-24(7-2)28(26,27)21-13-9-19(10-14-21)11-15-22(25)23(5)20-12-8-17(3)18(4)16-20/h8-10,12-14,16H,6-7,11,15H2,1-5H3. The second-order valence-corrected chi connectivity index (χ2v) is 8.89. The van der Waals surface area contributed by atoms with E-state index in [0.717, 1.165) is 16.8 Å². The number of amides is 1. The maximum absolute atomic E-state index is 12.5. The third kappa shape index (κ3) is 5.00. The molecule has 0 saturated carbocycles. The minimum absolute atomic E-state index is 0.0306. The van der Waals surface area contributed by atoms with Gasteiger partial charge in [0, 0.05) is 32.2 Å². The van der Waals surface area contributed by atoms with Crippen molar-refractivity contribution in [1.82, 2.24) is 4.31 Å². The lowest BCUT2D eigenvalue weighted by Gasteiger charge is -2.19. The average Bonchev–Trinajstić information content (AvgIpc) is 2.68. The molecule has 28 heavy (non-hydrogen) atoms. The van der Waals surface area contributed by atoms with Crippen LogP contribution in [0.4, 0.5) is 5.69 Å². The normalized spacial score (nSPS) is 11.6. The van der Waals surface area contributed by atoms with Crippen molar-refractivity contribution in [2.24, 2.45) is 0 Å². The van der Waals surface area contributed by atoms with Crippen molar-refractivity contribution in [2.45, 2.75) is 45.4 Å². The van der Waals surface area contributed by atoms with Crippen LogP contribution in [0.15, 0.2) is 47.4 Å². The SMILES string of the molecule is CCN(CC)S(=O)(=O)c1ccc(CCC(=O)N(C)c2ccc(C)c(C)c2)cc1. The lowest BCUT2D eigenvalue weighted by molar-refractivity contribution is -0.118. The Kier molecular flexibility index (Phi) is 7.38. The van der Waals surface area contributed by atoms with Gasteiger partial charge < -0.3 is 4.90 Å². The van der Waals surface area contributed by atoms with Gasteiger partial charge in [-0.25, -0.2) is 8.42 Å². The highest BCUT2D eigenvalue weighted by Crippen LogP contribution is 2.20. The Morgan fingerprint density at radius 3 is 2.07 bits per heavy atom. The Morgan fingerprint density at radius 2 is 1.54 bits per heavy atom. The molecule has 6 heteroatoms. The molecule has 152 valence electrons. The van der Waals surface area contributed by atoms with E-state index in [0.29, 0.717) is 30.8 Å². The summed E-state index contributed by atoms with van der Waals surface area (Å²) in [5, 5.41) is 0. The van der Waals surface area contributed by atoms with Crippen molar-refractivity contribution in [3.63, 3.8) is 0 Å². The van der Waals surface area contributed by atoms with Gasteiger partial charge in [-0.1, -0.05) is 32.0 Å². The summed E-state index contributed by atoms with van der Waals surface area (Å²) < 4.78 is 26.5. The second kappa shape index (κ2) is 9.34. The summed E-state index contributed by atoms with van der Waals surface area (Å²) >= 11 is 0. The number of sulfonamides is 1. The maximum Gasteiger partial charge on any atom is 0.243 e. The zero-order valence-electron chi connectivity index (χ0n) is 17.4. The van der Waals surface area contributed by atoms with Crippen LogP contribution in [-0.4, -0.2) is 38.8 Å². The molecule has 0 atom stereocenters. The lowest BCUT2D eigenvalue weighted by atomic mass is 10.1. The predicted octanol–water partition coefficient (Wildman–Crippen LogP) is 3.93. The van der Waals surface area contributed by atoms with Gasteiger partial charge in [0.15, 0.2) is 0 Å². The third-order valence-corrected chi connectivity index (χ3v) is 7.21. The molecule has 2 rings (SSSR count). The minimum Gasteiger partial charge on any atom is -0.315 e. The third-order valence-electron chi connectivity index (χ3n) is 5.15. The number of benzene rings is 2. The number of nitrogens with zero attached hydrogens (tertiary/aromatic N) is 2. The number of hydrogen-bond donors (Lipinski definition) is 0. The summed E-state index contributed by atoms with van der Waals surface area (Å²) in [6.45, 7) is 8.62. The lowest BCUT2D eigenvalue weighted by Crippen LogP contribution is -2.30. The fourth-order valence-electron chi connectivity index (χ4n) is 3.04. The molecule has 0 radical (unpaired) electrons. The summed E-state index contributed by atoms with van der Waals surface area (Å²) in [5.74, 6) is 0.0306. The molecule has 1 amide bonds. The number of rotatable bonds is 8. The Hall–Kier alpha value is -2.18. The van der Waals surface area contributed by atoms with Gasteiger partial charge in [0.1, 0.15) is 0 Å².